The molecule has 0 radical (unpaired) electrons. The molecule has 4 aromatic rings. The van der Waals surface area contributed by atoms with Gasteiger partial charge in [0.1, 0.15) is 18.4 Å². The molecule has 9 heteroatoms. The van der Waals surface area contributed by atoms with Crippen LogP contribution in [0.5, 0.6) is 0 Å². The smallest absolute Gasteiger partial charge is 0.251 e. The Balaban J connectivity index is 1.47. The van der Waals surface area contributed by atoms with Gasteiger partial charge in [-0.05, 0) is 45.8 Å². The number of hydrogen-bond acceptors (Lipinski definition) is 5. The van der Waals surface area contributed by atoms with Crippen LogP contribution in [0, 0.1) is 5.82 Å². The lowest BCUT2D eigenvalue weighted by molar-refractivity contribution is -0.119. The van der Waals surface area contributed by atoms with Gasteiger partial charge in [0.05, 0.1) is 5.70 Å². The molecule has 1 aliphatic rings. The molecule has 0 unspecified atom stereocenters. The van der Waals surface area contributed by atoms with Gasteiger partial charge in [0, 0.05) is 17.1 Å². The first-order valence-electron chi connectivity index (χ1n) is 10.7. The van der Waals surface area contributed by atoms with Gasteiger partial charge >= 0.3 is 0 Å². The fourth-order valence-corrected chi connectivity index (χ4v) is 4.04. The number of halogens is 2. The van der Waals surface area contributed by atoms with E-state index in [0.29, 0.717) is 16.5 Å². The fourth-order valence-electron chi connectivity index (χ4n) is 3.92. The molecule has 1 amide bonds. The highest BCUT2D eigenvalue weighted by atomic mass is 35.5. The fraction of sp³-hybridized carbons (Fsp3) is 0.120. The van der Waals surface area contributed by atoms with Crippen molar-refractivity contribution in [2.45, 2.75) is 12.6 Å². The molecule has 1 atom stereocenters. The number of benzene rings is 3. The number of fused-ring (bicyclic) bond motifs is 1. The molecule has 3 aromatic carbocycles. The van der Waals surface area contributed by atoms with Crippen LogP contribution in [0.1, 0.15) is 22.7 Å². The van der Waals surface area contributed by atoms with Gasteiger partial charge in [-0.1, -0.05) is 77.4 Å². The number of carbonyl (C=O) groups is 1. The third-order valence-corrected chi connectivity index (χ3v) is 5.86. The normalized spacial score (nSPS) is 14.9. The van der Waals surface area contributed by atoms with E-state index in [-0.39, 0.29) is 30.9 Å². The Morgan fingerprint density at radius 1 is 1.00 bits per heavy atom. The maximum atomic E-state index is 14.0. The molecule has 0 fully saturated rings. The molecular weight excluding hydrogens is 455 g/mol. The third kappa shape index (κ3) is 4.40. The van der Waals surface area contributed by atoms with Crippen LogP contribution in [0.25, 0.3) is 5.70 Å². The van der Waals surface area contributed by atoms with Gasteiger partial charge in [0.15, 0.2) is 0 Å². The van der Waals surface area contributed by atoms with Crippen LogP contribution < -0.4 is 10.2 Å². The van der Waals surface area contributed by atoms with E-state index in [2.05, 4.69) is 20.8 Å². The zero-order chi connectivity index (χ0) is 23.5. The van der Waals surface area contributed by atoms with E-state index < -0.39 is 0 Å². The minimum absolute atomic E-state index is 0.0508. The monoisotopic (exact) mass is 474 g/mol. The van der Waals surface area contributed by atoms with Crippen LogP contribution in [0.15, 0.2) is 84.9 Å². The molecule has 2 heterocycles. The maximum absolute atomic E-state index is 14.0. The second-order valence-corrected chi connectivity index (χ2v) is 8.23. The molecule has 0 aliphatic carbocycles. The van der Waals surface area contributed by atoms with E-state index in [4.69, 9.17) is 11.6 Å². The van der Waals surface area contributed by atoms with E-state index >= 15 is 0 Å². The number of hydrogen-bond donors (Lipinski definition) is 1. The summed E-state index contributed by atoms with van der Waals surface area (Å²) in [4.78, 5) is 14.7. The lowest BCUT2D eigenvalue weighted by Gasteiger charge is -2.32. The summed E-state index contributed by atoms with van der Waals surface area (Å²) in [5.74, 6) is -0.227. The van der Waals surface area contributed by atoms with Crippen LogP contribution in [-0.2, 0) is 11.3 Å². The molecular formula is C25H20ClFN6O. The van der Waals surface area contributed by atoms with Crippen molar-refractivity contribution in [2.75, 3.05) is 11.4 Å². The van der Waals surface area contributed by atoms with Gasteiger partial charge in [0.25, 0.3) is 5.95 Å². The number of nitrogens with one attached hydrogen (secondary N) is 1. The highest BCUT2D eigenvalue weighted by molar-refractivity contribution is 6.30. The zero-order valence-electron chi connectivity index (χ0n) is 18.0. The van der Waals surface area contributed by atoms with Crippen LogP contribution in [0.2, 0.25) is 5.02 Å². The standard InChI is InChI=1S/C25H20ClFN6O/c26-20-12-10-18(11-13-20)22-14-23(17-6-2-1-3-7-17)33-25(29-30-31-33)32(22)16-24(34)28-15-19-8-4-5-9-21(19)27/h1-14,23H,15-16H2,(H,28,34)/t23-/m0/s1. The molecule has 0 saturated carbocycles. The van der Waals surface area contributed by atoms with Crippen molar-refractivity contribution < 1.29 is 9.18 Å². The number of allylic oxidation sites excluding steroid dienone is 1. The molecule has 170 valence electrons. The number of rotatable bonds is 6. The van der Waals surface area contributed by atoms with Crippen molar-refractivity contribution >= 4 is 29.2 Å². The predicted molar refractivity (Wildman–Crippen MR) is 127 cm³/mol. The number of anilines is 1. The third-order valence-electron chi connectivity index (χ3n) is 5.60. The molecule has 0 spiro atoms. The number of nitrogens with zero attached hydrogens (tertiary/aromatic N) is 5. The lowest BCUT2D eigenvalue weighted by Crippen LogP contribution is -2.40. The molecule has 0 bridgehead atoms. The summed E-state index contributed by atoms with van der Waals surface area (Å²) in [6.07, 6.45) is 2.02. The van der Waals surface area contributed by atoms with Gasteiger partial charge in [-0.2, -0.15) is 4.68 Å². The average Bonchev–Trinajstić information content (AvgIpc) is 3.35. The van der Waals surface area contributed by atoms with E-state index in [0.717, 1.165) is 16.8 Å². The van der Waals surface area contributed by atoms with E-state index in [1.54, 1.807) is 39.9 Å². The van der Waals surface area contributed by atoms with Crippen LogP contribution in [0.4, 0.5) is 10.3 Å². The Morgan fingerprint density at radius 3 is 2.50 bits per heavy atom. The average molecular weight is 475 g/mol. The Morgan fingerprint density at radius 2 is 1.74 bits per heavy atom. The molecule has 1 N–H and O–H groups in total. The second-order valence-electron chi connectivity index (χ2n) is 7.79. The Hall–Kier alpha value is -4.04. The summed E-state index contributed by atoms with van der Waals surface area (Å²) >= 11 is 6.11. The molecule has 0 saturated heterocycles. The molecule has 1 aromatic heterocycles. The van der Waals surface area contributed by atoms with E-state index in [1.165, 1.54) is 6.07 Å². The van der Waals surface area contributed by atoms with Crippen LogP contribution in [-0.4, -0.2) is 32.7 Å². The van der Waals surface area contributed by atoms with E-state index in [9.17, 15) is 9.18 Å². The van der Waals surface area contributed by atoms with Crippen molar-refractivity contribution in [1.29, 1.82) is 0 Å². The number of tetrazole rings is 1. The summed E-state index contributed by atoms with van der Waals surface area (Å²) in [5.41, 5.74) is 3.05. The molecule has 7 nitrogen and oxygen atoms in total. The molecule has 1 aliphatic heterocycles. The second kappa shape index (κ2) is 9.44. The van der Waals surface area contributed by atoms with Crippen molar-refractivity contribution in [3.63, 3.8) is 0 Å². The number of carbonyl (C=O) groups excluding carboxylic acids is 1. The largest absolute Gasteiger partial charge is 0.350 e. The Bertz CT molecular complexity index is 1340. The van der Waals surface area contributed by atoms with Gasteiger partial charge in [-0.25, -0.2) is 4.39 Å². The number of amides is 1. The topological polar surface area (TPSA) is 75.9 Å². The maximum Gasteiger partial charge on any atom is 0.251 e. The summed E-state index contributed by atoms with van der Waals surface area (Å²) in [7, 11) is 0. The Kier molecular flexibility index (Phi) is 6.05. The van der Waals surface area contributed by atoms with Crippen molar-refractivity contribution in [2.24, 2.45) is 0 Å². The number of aromatic nitrogens is 4. The molecule has 5 rings (SSSR count). The predicted octanol–water partition coefficient (Wildman–Crippen LogP) is 4.23. The zero-order valence-corrected chi connectivity index (χ0v) is 18.7. The van der Waals surface area contributed by atoms with E-state index in [1.807, 2.05) is 48.5 Å². The molecule has 34 heavy (non-hydrogen) atoms. The lowest BCUT2D eigenvalue weighted by atomic mass is 10.0. The minimum atomic E-state index is -0.364. The summed E-state index contributed by atoms with van der Waals surface area (Å²) in [5, 5.41) is 15.7. The SMILES string of the molecule is O=C(CN1C(c2ccc(Cl)cc2)=C[C@@H](c2ccccc2)n2nnnc21)NCc1ccccc1F. The van der Waals surface area contributed by atoms with Crippen LogP contribution in [0.3, 0.4) is 0 Å². The minimum Gasteiger partial charge on any atom is -0.350 e. The summed E-state index contributed by atoms with van der Waals surface area (Å²) < 4.78 is 15.6. The van der Waals surface area contributed by atoms with Gasteiger partial charge in [-0.3, -0.25) is 9.69 Å². The Labute approximate surface area is 200 Å². The van der Waals surface area contributed by atoms with Gasteiger partial charge < -0.3 is 5.32 Å². The summed E-state index contributed by atoms with van der Waals surface area (Å²) in [6, 6.07) is 23.3. The van der Waals surface area contributed by atoms with Crippen LogP contribution >= 0.6 is 11.6 Å². The van der Waals surface area contributed by atoms with Crippen molar-refractivity contribution in [3.8, 4) is 0 Å². The van der Waals surface area contributed by atoms with Gasteiger partial charge in [0.2, 0.25) is 5.91 Å². The first-order valence-corrected chi connectivity index (χ1v) is 11.1. The summed E-state index contributed by atoms with van der Waals surface area (Å²) in [6.45, 7) is 0.0295. The first-order chi connectivity index (χ1) is 16.6. The van der Waals surface area contributed by atoms with Crippen molar-refractivity contribution in [1.82, 2.24) is 25.5 Å². The highest BCUT2D eigenvalue weighted by Crippen LogP contribution is 2.36. The van der Waals surface area contributed by atoms with Gasteiger partial charge in [-0.15, -0.1) is 0 Å². The first kappa shape index (κ1) is 21.8. The van der Waals surface area contributed by atoms with Crippen molar-refractivity contribution in [3.05, 3.63) is 112 Å². The quantitative estimate of drug-likeness (QED) is 0.452. The highest BCUT2D eigenvalue weighted by Gasteiger charge is 2.31.